The summed E-state index contributed by atoms with van der Waals surface area (Å²) in [5, 5.41) is 0. The van der Waals surface area contributed by atoms with Crippen molar-refractivity contribution in [3.05, 3.63) is 71.3 Å². The first kappa shape index (κ1) is 14.3. The Labute approximate surface area is 116 Å². The lowest BCUT2D eigenvalue weighted by Crippen LogP contribution is -2.13. The van der Waals surface area contributed by atoms with Crippen LogP contribution in [-0.2, 0) is 4.74 Å². The molecule has 0 radical (unpaired) electrons. The van der Waals surface area contributed by atoms with E-state index in [2.05, 4.69) is 0 Å². The Morgan fingerprint density at radius 1 is 1.15 bits per heavy atom. The number of ketones is 1. The lowest BCUT2D eigenvalue weighted by atomic mass is 10.1. The van der Waals surface area contributed by atoms with Crippen LogP contribution in [-0.4, -0.2) is 12.4 Å². The van der Waals surface area contributed by atoms with Gasteiger partial charge in [0, 0.05) is 0 Å². The summed E-state index contributed by atoms with van der Waals surface area (Å²) in [6.07, 6.45) is -0.295. The second-order valence-electron chi connectivity index (χ2n) is 4.41. The van der Waals surface area contributed by atoms with Gasteiger partial charge in [0.05, 0.1) is 11.7 Å². The average molecular weight is 276 g/mol. The summed E-state index contributed by atoms with van der Waals surface area (Å²) in [4.78, 5) is 11.8. The summed E-state index contributed by atoms with van der Waals surface area (Å²) in [7, 11) is 0. The molecule has 1 atom stereocenters. The Bertz CT molecular complexity index is 597. The van der Waals surface area contributed by atoms with Crippen molar-refractivity contribution in [3.8, 4) is 0 Å². The van der Waals surface area contributed by atoms with E-state index in [9.17, 15) is 13.6 Å². The highest BCUT2D eigenvalue weighted by molar-refractivity contribution is 5.97. The predicted molar refractivity (Wildman–Crippen MR) is 71.5 cm³/mol. The van der Waals surface area contributed by atoms with Crippen LogP contribution in [0.3, 0.4) is 0 Å². The number of halogens is 2. The molecule has 104 valence electrons. The van der Waals surface area contributed by atoms with Gasteiger partial charge in [0.25, 0.3) is 0 Å². The van der Waals surface area contributed by atoms with Gasteiger partial charge in [-0.05, 0) is 30.7 Å². The highest BCUT2D eigenvalue weighted by Crippen LogP contribution is 2.17. The second kappa shape index (κ2) is 6.39. The van der Waals surface area contributed by atoms with Crippen LogP contribution in [0.1, 0.15) is 28.9 Å². The highest BCUT2D eigenvalue weighted by atomic mass is 19.1. The van der Waals surface area contributed by atoms with Crippen molar-refractivity contribution in [2.75, 3.05) is 6.61 Å². The van der Waals surface area contributed by atoms with Gasteiger partial charge in [0.1, 0.15) is 18.2 Å². The van der Waals surface area contributed by atoms with E-state index in [4.69, 9.17) is 4.74 Å². The summed E-state index contributed by atoms with van der Waals surface area (Å²) in [6.45, 7) is 1.50. The van der Waals surface area contributed by atoms with Gasteiger partial charge >= 0.3 is 0 Å². The normalized spacial score (nSPS) is 12.2. The molecular weight excluding hydrogens is 262 g/mol. The lowest BCUT2D eigenvalue weighted by Gasteiger charge is -2.13. The van der Waals surface area contributed by atoms with E-state index in [0.29, 0.717) is 0 Å². The second-order valence-corrected chi connectivity index (χ2v) is 4.41. The van der Waals surface area contributed by atoms with Crippen molar-refractivity contribution in [3.63, 3.8) is 0 Å². The number of carbonyl (C=O) groups is 1. The average Bonchev–Trinajstić information content (AvgIpc) is 2.47. The molecule has 0 aliphatic rings. The van der Waals surface area contributed by atoms with Gasteiger partial charge in [-0.15, -0.1) is 0 Å². The van der Waals surface area contributed by atoms with Crippen LogP contribution in [0.2, 0.25) is 0 Å². The molecule has 2 rings (SSSR count). The summed E-state index contributed by atoms with van der Waals surface area (Å²) >= 11 is 0. The minimum Gasteiger partial charge on any atom is -0.366 e. The first-order valence-corrected chi connectivity index (χ1v) is 6.22. The Morgan fingerprint density at radius 3 is 2.55 bits per heavy atom. The fraction of sp³-hybridized carbons (Fsp3) is 0.188. The molecule has 0 aromatic heterocycles. The molecule has 0 spiro atoms. The van der Waals surface area contributed by atoms with Gasteiger partial charge in [0.15, 0.2) is 5.78 Å². The molecule has 0 aliphatic heterocycles. The summed E-state index contributed by atoms with van der Waals surface area (Å²) in [5.41, 5.74) is 0.630. The van der Waals surface area contributed by atoms with Gasteiger partial charge in [-0.3, -0.25) is 4.79 Å². The molecule has 1 unspecified atom stereocenters. The van der Waals surface area contributed by atoms with Gasteiger partial charge in [-0.2, -0.15) is 0 Å². The molecule has 0 heterocycles. The van der Waals surface area contributed by atoms with Crippen molar-refractivity contribution in [1.29, 1.82) is 0 Å². The van der Waals surface area contributed by atoms with Crippen molar-refractivity contribution < 1.29 is 18.3 Å². The standard InChI is InChI=1S/C16H14F2O2/c1-11(12-5-3-2-4-6-12)20-10-16(19)14-9-13(17)7-8-15(14)18/h2-9,11H,10H2,1H3. The van der Waals surface area contributed by atoms with E-state index in [1.54, 1.807) is 6.92 Å². The van der Waals surface area contributed by atoms with Gasteiger partial charge in [-0.25, -0.2) is 8.78 Å². The molecular formula is C16H14F2O2. The molecule has 4 heteroatoms. The molecule has 0 N–H and O–H groups in total. The van der Waals surface area contributed by atoms with E-state index in [-0.39, 0.29) is 18.3 Å². The summed E-state index contributed by atoms with van der Waals surface area (Å²) in [5.74, 6) is -1.97. The van der Waals surface area contributed by atoms with Crippen LogP contribution in [0, 0.1) is 11.6 Å². The van der Waals surface area contributed by atoms with E-state index in [1.165, 1.54) is 0 Å². The zero-order chi connectivity index (χ0) is 14.5. The maximum Gasteiger partial charge on any atom is 0.191 e. The number of rotatable bonds is 5. The van der Waals surface area contributed by atoms with E-state index >= 15 is 0 Å². The topological polar surface area (TPSA) is 26.3 Å². The molecule has 0 bridgehead atoms. The number of hydrogen-bond donors (Lipinski definition) is 0. The van der Waals surface area contributed by atoms with Gasteiger partial charge in [-0.1, -0.05) is 30.3 Å². The first-order valence-electron chi connectivity index (χ1n) is 6.22. The molecule has 2 aromatic rings. The predicted octanol–water partition coefficient (Wildman–Crippen LogP) is 3.93. The van der Waals surface area contributed by atoms with Crippen LogP contribution in [0.5, 0.6) is 0 Å². The van der Waals surface area contributed by atoms with Crippen LogP contribution >= 0.6 is 0 Å². The van der Waals surface area contributed by atoms with Gasteiger partial charge < -0.3 is 4.74 Å². The van der Waals surface area contributed by atoms with Crippen molar-refractivity contribution >= 4 is 5.78 Å². The molecule has 0 aliphatic carbocycles. The van der Waals surface area contributed by atoms with E-state index < -0.39 is 17.4 Å². The third kappa shape index (κ3) is 3.48. The lowest BCUT2D eigenvalue weighted by molar-refractivity contribution is 0.0517. The molecule has 2 nitrogen and oxygen atoms in total. The number of hydrogen-bond acceptors (Lipinski definition) is 2. The molecule has 0 saturated heterocycles. The van der Waals surface area contributed by atoms with Gasteiger partial charge in [0.2, 0.25) is 0 Å². The zero-order valence-electron chi connectivity index (χ0n) is 11.0. The largest absolute Gasteiger partial charge is 0.366 e. The summed E-state index contributed by atoms with van der Waals surface area (Å²) < 4.78 is 31.8. The fourth-order valence-electron chi connectivity index (χ4n) is 1.81. The number of Topliss-reactive ketones (excluding diaryl/α,β-unsaturated/α-hetero) is 1. The Balaban J connectivity index is 2.00. The molecule has 0 amide bonds. The van der Waals surface area contributed by atoms with Crippen LogP contribution in [0.15, 0.2) is 48.5 Å². The Morgan fingerprint density at radius 2 is 1.85 bits per heavy atom. The fourth-order valence-corrected chi connectivity index (χ4v) is 1.81. The van der Waals surface area contributed by atoms with Crippen molar-refractivity contribution in [2.45, 2.75) is 13.0 Å². The minimum atomic E-state index is -0.743. The Kier molecular flexibility index (Phi) is 4.58. The monoisotopic (exact) mass is 276 g/mol. The molecule has 20 heavy (non-hydrogen) atoms. The number of ether oxygens (including phenoxy) is 1. The van der Waals surface area contributed by atoms with Crippen molar-refractivity contribution in [1.82, 2.24) is 0 Å². The maximum atomic E-state index is 13.4. The van der Waals surface area contributed by atoms with Crippen LogP contribution < -0.4 is 0 Å². The first-order chi connectivity index (χ1) is 9.58. The third-order valence-corrected chi connectivity index (χ3v) is 2.96. The van der Waals surface area contributed by atoms with E-state index in [0.717, 1.165) is 23.8 Å². The smallest absolute Gasteiger partial charge is 0.191 e. The SMILES string of the molecule is CC(OCC(=O)c1cc(F)ccc1F)c1ccccc1. The quantitative estimate of drug-likeness (QED) is 0.773. The molecule has 0 fully saturated rings. The molecule has 2 aromatic carbocycles. The summed E-state index contributed by atoms with van der Waals surface area (Å²) in [6, 6.07) is 12.1. The number of carbonyl (C=O) groups excluding carboxylic acids is 1. The maximum absolute atomic E-state index is 13.4. The van der Waals surface area contributed by atoms with Crippen LogP contribution in [0.25, 0.3) is 0 Å². The number of benzene rings is 2. The van der Waals surface area contributed by atoms with Crippen LogP contribution in [0.4, 0.5) is 8.78 Å². The third-order valence-electron chi connectivity index (χ3n) is 2.96. The minimum absolute atomic E-state index is 0.287. The van der Waals surface area contributed by atoms with Crippen molar-refractivity contribution in [2.24, 2.45) is 0 Å². The molecule has 0 saturated carbocycles. The Hall–Kier alpha value is -2.07. The zero-order valence-corrected chi connectivity index (χ0v) is 11.0. The highest BCUT2D eigenvalue weighted by Gasteiger charge is 2.15. The van der Waals surface area contributed by atoms with E-state index in [1.807, 2.05) is 30.3 Å².